The van der Waals surface area contributed by atoms with Crippen LogP contribution >= 0.6 is 0 Å². The highest BCUT2D eigenvalue weighted by molar-refractivity contribution is 4.72. The fourth-order valence-corrected chi connectivity index (χ4v) is 3.07. The van der Waals surface area contributed by atoms with E-state index in [4.69, 9.17) is 0 Å². The van der Waals surface area contributed by atoms with E-state index < -0.39 is 0 Å². The Morgan fingerprint density at radius 2 is 2.22 bits per heavy atom. The van der Waals surface area contributed by atoms with Crippen LogP contribution in [0.25, 0.3) is 0 Å². The Balaban J connectivity index is 2.17. The summed E-state index contributed by atoms with van der Waals surface area (Å²) in [5, 5.41) is 3.30. The van der Waals surface area contributed by atoms with Crippen LogP contribution in [0.3, 0.4) is 0 Å². The molecule has 1 aliphatic heterocycles. The van der Waals surface area contributed by atoms with Crippen molar-refractivity contribution in [2.75, 3.05) is 53.9 Å². The summed E-state index contributed by atoms with van der Waals surface area (Å²) in [5.74, 6) is 1.73. The first-order chi connectivity index (χ1) is 8.65. The molecule has 3 nitrogen and oxygen atoms in total. The number of hydrogen-bond acceptors (Lipinski definition) is 3. The van der Waals surface area contributed by atoms with Crippen LogP contribution in [0, 0.1) is 11.8 Å². The molecule has 2 atom stereocenters. The molecule has 0 aromatic carbocycles. The lowest BCUT2D eigenvalue weighted by Crippen LogP contribution is -2.36. The van der Waals surface area contributed by atoms with Crippen molar-refractivity contribution in [1.29, 1.82) is 0 Å². The van der Waals surface area contributed by atoms with Gasteiger partial charge in [-0.15, -0.1) is 0 Å². The van der Waals surface area contributed by atoms with Crippen LogP contribution in [-0.2, 0) is 0 Å². The van der Waals surface area contributed by atoms with Crippen LogP contribution in [0.2, 0.25) is 0 Å². The van der Waals surface area contributed by atoms with E-state index >= 15 is 0 Å². The van der Waals surface area contributed by atoms with Gasteiger partial charge in [-0.1, -0.05) is 13.3 Å². The average Bonchev–Trinajstić information content (AvgIpc) is 2.36. The van der Waals surface area contributed by atoms with Crippen molar-refractivity contribution in [1.82, 2.24) is 15.1 Å². The quantitative estimate of drug-likeness (QED) is 0.714. The van der Waals surface area contributed by atoms with Gasteiger partial charge >= 0.3 is 0 Å². The second-order valence-corrected chi connectivity index (χ2v) is 6.15. The maximum absolute atomic E-state index is 3.30. The third-order valence-corrected chi connectivity index (χ3v) is 4.28. The third kappa shape index (κ3) is 6.17. The summed E-state index contributed by atoms with van der Waals surface area (Å²) in [4.78, 5) is 5.02. The molecular formula is C15H33N3. The first-order valence-corrected chi connectivity index (χ1v) is 7.67. The second kappa shape index (κ2) is 8.89. The number of nitrogens with zero attached hydrogens (tertiary/aromatic N) is 2. The van der Waals surface area contributed by atoms with Crippen LogP contribution in [0.5, 0.6) is 0 Å². The minimum atomic E-state index is 0.800. The van der Waals surface area contributed by atoms with Crippen LogP contribution in [0.4, 0.5) is 0 Å². The molecule has 0 spiro atoms. The molecular weight excluding hydrogens is 222 g/mol. The summed E-state index contributed by atoms with van der Waals surface area (Å²) in [6, 6.07) is 0. The van der Waals surface area contributed by atoms with Crippen molar-refractivity contribution in [3.63, 3.8) is 0 Å². The monoisotopic (exact) mass is 255 g/mol. The maximum Gasteiger partial charge on any atom is 0.00186 e. The van der Waals surface area contributed by atoms with Crippen molar-refractivity contribution in [2.45, 2.75) is 32.6 Å². The molecule has 0 aromatic rings. The molecule has 1 saturated heterocycles. The highest BCUT2D eigenvalue weighted by Crippen LogP contribution is 2.18. The largest absolute Gasteiger partial charge is 0.319 e. The van der Waals surface area contributed by atoms with E-state index in [1.807, 2.05) is 0 Å². The fraction of sp³-hybridized carbons (Fsp3) is 1.00. The molecule has 1 fully saturated rings. The number of hydrogen-bond donors (Lipinski definition) is 1. The zero-order valence-corrected chi connectivity index (χ0v) is 12.9. The SMILES string of the molecule is CCC(CNC)CN(C)CCC1CCCN(C)C1. The summed E-state index contributed by atoms with van der Waals surface area (Å²) in [5.41, 5.74) is 0. The predicted octanol–water partition coefficient (Wildman–Crippen LogP) is 1.90. The highest BCUT2D eigenvalue weighted by Gasteiger charge is 2.17. The zero-order valence-electron chi connectivity index (χ0n) is 12.9. The van der Waals surface area contributed by atoms with Gasteiger partial charge in [0.15, 0.2) is 0 Å². The van der Waals surface area contributed by atoms with Crippen molar-refractivity contribution in [3.8, 4) is 0 Å². The smallest absolute Gasteiger partial charge is 0.00186 e. The standard InChI is InChI=1S/C15H33N3/c1-5-14(11-16-2)12-18(4)10-8-15-7-6-9-17(3)13-15/h14-16H,5-13H2,1-4H3. The van der Waals surface area contributed by atoms with Gasteiger partial charge in [0, 0.05) is 13.1 Å². The summed E-state index contributed by atoms with van der Waals surface area (Å²) in [6.07, 6.45) is 5.47. The molecule has 0 aliphatic carbocycles. The van der Waals surface area contributed by atoms with Gasteiger partial charge in [-0.2, -0.15) is 0 Å². The number of likely N-dealkylation sites (tertiary alicyclic amines) is 1. The number of nitrogens with one attached hydrogen (secondary N) is 1. The van der Waals surface area contributed by atoms with Gasteiger partial charge in [-0.25, -0.2) is 0 Å². The molecule has 0 amide bonds. The summed E-state index contributed by atoms with van der Waals surface area (Å²) in [7, 11) is 6.60. The molecule has 1 N–H and O–H groups in total. The molecule has 18 heavy (non-hydrogen) atoms. The van der Waals surface area contributed by atoms with E-state index in [9.17, 15) is 0 Å². The molecule has 2 unspecified atom stereocenters. The Bertz CT molecular complexity index is 208. The topological polar surface area (TPSA) is 18.5 Å². The zero-order chi connectivity index (χ0) is 13.4. The van der Waals surface area contributed by atoms with Gasteiger partial charge in [-0.05, 0) is 71.9 Å². The minimum absolute atomic E-state index is 0.800. The predicted molar refractivity (Wildman–Crippen MR) is 80.0 cm³/mol. The number of rotatable bonds is 8. The summed E-state index contributed by atoms with van der Waals surface area (Å²) < 4.78 is 0. The third-order valence-electron chi connectivity index (χ3n) is 4.28. The van der Waals surface area contributed by atoms with Crippen molar-refractivity contribution in [2.24, 2.45) is 11.8 Å². The Kier molecular flexibility index (Phi) is 7.87. The second-order valence-electron chi connectivity index (χ2n) is 6.15. The molecule has 1 heterocycles. The van der Waals surface area contributed by atoms with Crippen molar-refractivity contribution in [3.05, 3.63) is 0 Å². The van der Waals surface area contributed by atoms with Crippen LogP contribution in [0.1, 0.15) is 32.6 Å². The van der Waals surface area contributed by atoms with Crippen LogP contribution in [-0.4, -0.2) is 63.7 Å². The van der Waals surface area contributed by atoms with Gasteiger partial charge in [0.1, 0.15) is 0 Å². The van der Waals surface area contributed by atoms with Crippen molar-refractivity contribution >= 4 is 0 Å². The van der Waals surface area contributed by atoms with Gasteiger partial charge in [0.25, 0.3) is 0 Å². The van der Waals surface area contributed by atoms with Crippen molar-refractivity contribution < 1.29 is 0 Å². The summed E-state index contributed by atoms with van der Waals surface area (Å²) >= 11 is 0. The molecule has 3 heteroatoms. The van der Waals surface area contributed by atoms with Crippen LogP contribution in [0.15, 0.2) is 0 Å². The van der Waals surface area contributed by atoms with Crippen LogP contribution < -0.4 is 5.32 Å². The molecule has 0 radical (unpaired) electrons. The van der Waals surface area contributed by atoms with E-state index in [2.05, 4.69) is 43.2 Å². The van der Waals surface area contributed by atoms with Gasteiger partial charge < -0.3 is 15.1 Å². The first-order valence-electron chi connectivity index (χ1n) is 7.67. The highest BCUT2D eigenvalue weighted by atomic mass is 15.1. The lowest BCUT2D eigenvalue weighted by Gasteiger charge is -2.31. The lowest BCUT2D eigenvalue weighted by atomic mass is 9.95. The Morgan fingerprint density at radius 1 is 1.44 bits per heavy atom. The molecule has 1 rings (SSSR count). The lowest BCUT2D eigenvalue weighted by molar-refractivity contribution is 0.179. The fourth-order valence-electron chi connectivity index (χ4n) is 3.07. The molecule has 0 bridgehead atoms. The Labute approximate surface area is 114 Å². The molecule has 0 aromatic heterocycles. The first kappa shape index (κ1) is 15.9. The van der Waals surface area contributed by atoms with Gasteiger partial charge in [0.05, 0.1) is 0 Å². The Morgan fingerprint density at radius 3 is 2.83 bits per heavy atom. The van der Waals surface area contributed by atoms with E-state index in [1.54, 1.807) is 0 Å². The van der Waals surface area contributed by atoms with E-state index in [-0.39, 0.29) is 0 Å². The van der Waals surface area contributed by atoms with Gasteiger partial charge in [0.2, 0.25) is 0 Å². The van der Waals surface area contributed by atoms with E-state index in [0.717, 1.165) is 18.4 Å². The molecule has 108 valence electrons. The summed E-state index contributed by atoms with van der Waals surface area (Å²) in [6.45, 7) is 8.55. The van der Waals surface area contributed by atoms with E-state index in [0.29, 0.717) is 0 Å². The Hall–Kier alpha value is -0.120. The normalized spacial score (nSPS) is 23.5. The average molecular weight is 255 g/mol. The molecule has 0 saturated carbocycles. The van der Waals surface area contributed by atoms with E-state index in [1.165, 1.54) is 51.9 Å². The molecule has 1 aliphatic rings. The minimum Gasteiger partial charge on any atom is -0.319 e. The number of piperidine rings is 1. The maximum atomic E-state index is 3.30. The van der Waals surface area contributed by atoms with Gasteiger partial charge in [-0.3, -0.25) is 0 Å².